The lowest BCUT2D eigenvalue weighted by Crippen LogP contribution is -2.27. The zero-order valence-electron chi connectivity index (χ0n) is 12.3. The predicted molar refractivity (Wildman–Crippen MR) is 89.2 cm³/mol. The van der Waals surface area contributed by atoms with Crippen molar-refractivity contribution in [3.8, 4) is 0 Å². The average molecular weight is 352 g/mol. The van der Waals surface area contributed by atoms with E-state index in [1.54, 1.807) is 12.1 Å². The fourth-order valence-electron chi connectivity index (χ4n) is 2.59. The number of carbonyl (C=O) groups is 1. The predicted octanol–water partition coefficient (Wildman–Crippen LogP) is 2.83. The first kappa shape index (κ1) is 16.0. The molecule has 1 aromatic heterocycles. The molecule has 2 aromatic rings. The summed E-state index contributed by atoms with van der Waals surface area (Å²) in [7, 11) is 0. The third-order valence-electron chi connectivity index (χ3n) is 3.87. The number of benzene rings is 1. The molecule has 0 bridgehead atoms. The van der Waals surface area contributed by atoms with Gasteiger partial charge in [0.15, 0.2) is 0 Å². The van der Waals surface area contributed by atoms with E-state index in [1.165, 1.54) is 10.9 Å². The lowest BCUT2D eigenvalue weighted by atomic mass is 10.1. The molecule has 0 N–H and O–H groups in total. The van der Waals surface area contributed by atoms with Gasteiger partial charge in [-0.2, -0.15) is 5.10 Å². The molecule has 1 aliphatic heterocycles. The Morgan fingerprint density at radius 1 is 1.13 bits per heavy atom. The molecule has 0 unspecified atom stereocenters. The highest BCUT2D eigenvalue weighted by Crippen LogP contribution is 2.16. The van der Waals surface area contributed by atoms with Crippen molar-refractivity contribution < 1.29 is 4.79 Å². The largest absolute Gasteiger partial charge is 0.339 e. The van der Waals surface area contributed by atoms with Crippen LogP contribution in [0.3, 0.4) is 0 Å². The Morgan fingerprint density at radius 3 is 2.43 bits per heavy atom. The number of halogens is 2. The van der Waals surface area contributed by atoms with Gasteiger partial charge < -0.3 is 4.90 Å². The number of aromatic nitrogens is 2. The first-order chi connectivity index (χ1) is 11.1. The lowest BCUT2D eigenvalue weighted by Gasteiger charge is -2.15. The average Bonchev–Trinajstić information content (AvgIpc) is 3.10. The Bertz CT molecular complexity index is 781. The minimum Gasteiger partial charge on any atom is -0.339 e. The highest BCUT2D eigenvalue weighted by molar-refractivity contribution is 6.41. The van der Waals surface area contributed by atoms with Gasteiger partial charge in [0.2, 0.25) is 0 Å². The summed E-state index contributed by atoms with van der Waals surface area (Å²) in [5, 5.41) is 4.07. The monoisotopic (exact) mass is 351 g/mol. The third-order valence-corrected chi connectivity index (χ3v) is 4.62. The van der Waals surface area contributed by atoms with Crippen molar-refractivity contribution in [3.63, 3.8) is 0 Å². The van der Waals surface area contributed by atoms with Crippen LogP contribution in [0, 0.1) is 0 Å². The first-order valence-corrected chi connectivity index (χ1v) is 8.11. The van der Waals surface area contributed by atoms with E-state index in [9.17, 15) is 9.59 Å². The zero-order chi connectivity index (χ0) is 16.4. The molecular weight excluding hydrogens is 337 g/mol. The summed E-state index contributed by atoms with van der Waals surface area (Å²) >= 11 is 11.6. The highest BCUT2D eigenvalue weighted by atomic mass is 35.5. The van der Waals surface area contributed by atoms with E-state index in [0.29, 0.717) is 5.56 Å². The summed E-state index contributed by atoms with van der Waals surface area (Å²) in [6.45, 7) is 1.92. The molecule has 0 radical (unpaired) electrons. The molecule has 2 heterocycles. The Balaban J connectivity index is 1.76. The summed E-state index contributed by atoms with van der Waals surface area (Å²) in [4.78, 5) is 26.1. The van der Waals surface area contributed by atoms with Gasteiger partial charge in [-0.1, -0.05) is 35.3 Å². The Morgan fingerprint density at radius 2 is 1.78 bits per heavy atom. The molecule has 0 aliphatic carbocycles. The molecule has 1 aromatic carbocycles. The van der Waals surface area contributed by atoms with Crippen molar-refractivity contribution >= 4 is 29.1 Å². The van der Waals surface area contributed by atoms with Gasteiger partial charge in [0, 0.05) is 18.7 Å². The molecule has 7 heteroatoms. The minimum atomic E-state index is -0.434. The maximum Gasteiger partial charge on any atom is 0.287 e. The maximum absolute atomic E-state index is 12.3. The van der Waals surface area contributed by atoms with E-state index in [-0.39, 0.29) is 22.5 Å². The second-order valence-corrected chi connectivity index (χ2v) is 6.25. The van der Waals surface area contributed by atoms with Crippen molar-refractivity contribution in [1.29, 1.82) is 0 Å². The summed E-state index contributed by atoms with van der Waals surface area (Å²) in [6.07, 6.45) is 3.47. The highest BCUT2D eigenvalue weighted by Gasteiger charge is 2.19. The second kappa shape index (κ2) is 6.72. The van der Waals surface area contributed by atoms with Crippen molar-refractivity contribution in [2.45, 2.75) is 19.4 Å². The lowest BCUT2D eigenvalue weighted by molar-refractivity contribution is 0.0793. The van der Waals surface area contributed by atoms with Crippen LogP contribution in [0.15, 0.2) is 35.3 Å². The molecule has 0 atom stereocenters. The summed E-state index contributed by atoms with van der Waals surface area (Å²) in [5.41, 5.74) is 1.08. The summed E-state index contributed by atoms with van der Waals surface area (Å²) in [5.74, 6) is 0.0545. The van der Waals surface area contributed by atoms with E-state index in [0.717, 1.165) is 31.5 Å². The molecule has 1 aliphatic rings. The molecule has 5 nitrogen and oxygen atoms in total. The number of nitrogens with zero attached hydrogens (tertiary/aromatic N) is 3. The summed E-state index contributed by atoms with van der Waals surface area (Å²) in [6, 6.07) is 7.19. The number of hydrogen-bond acceptors (Lipinski definition) is 3. The van der Waals surface area contributed by atoms with Gasteiger partial charge in [0.1, 0.15) is 5.02 Å². The standard InChI is InChI=1S/C16H15Cl2N3O2/c17-13-9-19-21(16(23)14(13)18)10-11-3-5-12(6-4-11)15(22)20-7-1-2-8-20/h3-6,9H,1-2,7-8,10H2. The molecule has 3 rings (SSSR count). The number of likely N-dealkylation sites (tertiary alicyclic amines) is 1. The Hall–Kier alpha value is -1.85. The van der Waals surface area contributed by atoms with E-state index in [1.807, 2.05) is 17.0 Å². The van der Waals surface area contributed by atoms with E-state index >= 15 is 0 Å². The minimum absolute atomic E-state index is 0.0394. The van der Waals surface area contributed by atoms with Crippen LogP contribution in [0.1, 0.15) is 28.8 Å². The van der Waals surface area contributed by atoms with Crippen LogP contribution in [0.4, 0.5) is 0 Å². The quantitative estimate of drug-likeness (QED) is 0.854. The second-order valence-electron chi connectivity index (χ2n) is 5.47. The van der Waals surface area contributed by atoms with Crippen molar-refractivity contribution in [2.24, 2.45) is 0 Å². The number of amides is 1. The van der Waals surface area contributed by atoms with Crippen LogP contribution in [-0.2, 0) is 6.54 Å². The molecular formula is C16H15Cl2N3O2. The molecule has 120 valence electrons. The SMILES string of the molecule is O=C(c1ccc(Cn2ncc(Cl)c(Cl)c2=O)cc1)N1CCCC1. The molecule has 1 saturated heterocycles. The van der Waals surface area contributed by atoms with Gasteiger partial charge >= 0.3 is 0 Å². The smallest absolute Gasteiger partial charge is 0.287 e. The van der Waals surface area contributed by atoms with Gasteiger partial charge in [-0.05, 0) is 30.5 Å². The van der Waals surface area contributed by atoms with Crippen LogP contribution in [-0.4, -0.2) is 33.7 Å². The molecule has 1 amide bonds. The van der Waals surface area contributed by atoms with E-state index in [4.69, 9.17) is 23.2 Å². The first-order valence-electron chi connectivity index (χ1n) is 7.35. The van der Waals surface area contributed by atoms with Crippen LogP contribution in [0.2, 0.25) is 10.0 Å². The van der Waals surface area contributed by atoms with E-state index in [2.05, 4.69) is 5.10 Å². The normalized spacial score (nSPS) is 14.3. The molecule has 23 heavy (non-hydrogen) atoms. The van der Waals surface area contributed by atoms with Crippen LogP contribution in [0.5, 0.6) is 0 Å². The molecule has 1 fully saturated rings. The van der Waals surface area contributed by atoms with Crippen molar-refractivity contribution in [2.75, 3.05) is 13.1 Å². The Labute approximate surface area is 143 Å². The summed E-state index contributed by atoms with van der Waals surface area (Å²) < 4.78 is 1.24. The van der Waals surface area contributed by atoms with Gasteiger partial charge in [-0.25, -0.2) is 4.68 Å². The van der Waals surface area contributed by atoms with Crippen LogP contribution < -0.4 is 5.56 Å². The topological polar surface area (TPSA) is 55.2 Å². The van der Waals surface area contributed by atoms with Gasteiger partial charge in [0.05, 0.1) is 17.8 Å². The van der Waals surface area contributed by atoms with Crippen molar-refractivity contribution in [1.82, 2.24) is 14.7 Å². The van der Waals surface area contributed by atoms with Crippen LogP contribution >= 0.6 is 23.2 Å². The Kier molecular flexibility index (Phi) is 4.68. The fourth-order valence-corrected chi connectivity index (χ4v) is 2.86. The van der Waals surface area contributed by atoms with Gasteiger partial charge in [-0.15, -0.1) is 0 Å². The molecule has 0 spiro atoms. The fraction of sp³-hybridized carbons (Fsp3) is 0.312. The van der Waals surface area contributed by atoms with Gasteiger partial charge in [0.25, 0.3) is 11.5 Å². The van der Waals surface area contributed by atoms with Gasteiger partial charge in [-0.3, -0.25) is 9.59 Å². The zero-order valence-corrected chi connectivity index (χ0v) is 13.8. The number of hydrogen-bond donors (Lipinski definition) is 0. The number of carbonyl (C=O) groups excluding carboxylic acids is 1. The van der Waals surface area contributed by atoms with Crippen LogP contribution in [0.25, 0.3) is 0 Å². The van der Waals surface area contributed by atoms with E-state index < -0.39 is 5.56 Å². The maximum atomic E-state index is 12.3. The number of rotatable bonds is 3. The van der Waals surface area contributed by atoms with Crippen molar-refractivity contribution in [3.05, 3.63) is 62.0 Å². The third kappa shape index (κ3) is 3.41. The molecule has 0 saturated carbocycles.